The first kappa shape index (κ1) is 17.4. The minimum Gasteiger partial charge on any atom is -0.378 e. The zero-order valence-corrected chi connectivity index (χ0v) is 15.8. The van der Waals surface area contributed by atoms with Crippen molar-refractivity contribution in [3.8, 4) is 0 Å². The molecule has 2 amide bonds. The monoisotopic (exact) mass is 380 g/mol. The van der Waals surface area contributed by atoms with Crippen molar-refractivity contribution in [1.82, 2.24) is 20.0 Å². The highest BCUT2D eigenvalue weighted by molar-refractivity contribution is 5.94. The second kappa shape index (κ2) is 7.05. The first-order chi connectivity index (χ1) is 13.7. The number of carbonyl (C=O) groups is 2. The fourth-order valence-corrected chi connectivity index (χ4v) is 4.59. The largest absolute Gasteiger partial charge is 0.378 e. The summed E-state index contributed by atoms with van der Waals surface area (Å²) in [7, 11) is 0. The van der Waals surface area contributed by atoms with Crippen LogP contribution in [-0.4, -0.2) is 64.7 Å². The van der Waals surface area contributed by atoms with Crippen LogP contribution >= 0.6 is 0 Å². The molecule has 7 heteroatoms. The Balaban J connectivity index is 1.28. The Labute approximate surface area is 163 Å². The van der Waals surface area contributed by atoms with Crippen LogP contribution in [0.4, 0.5) is 0 Å². The molecule has 2 aromatic rings. The zero-order valence-electron chi connectivity index (χ0n) is 15.8. The zero-order chi connectivity index (χ0) is 19.1. The third-order valence-electron chi connectivity index (χ3n) is 6.15. The number of benzene rings is 1. The molecule has 0 saturated carbocycles. The molecule has 1 fully saturated rings. The Morgan fingerprint density at radius 2 is 1.75 bits per heavy atom. The lowest BCUT2D eigenvalue weighted by molar-refractivity contribution is -0.136. The molecule has 0 radical (unpaired) electrons. The maximum Gasteiger partial charge on any atom is 0.274 e. The quantitative estimate of drug-likeness (QED) is 0.849. The number of fused-ring (bicyclic) bond motifs is 2. The van der Waals surface area contributed by atoms with E-state index < -0.39 is 0 Å². The summed E-state index contributed by atoms with van der Waals surface area (Å²) in [6, 6.07) is 8.32. The molecule has 0 atom stereocenters. The van der Waals surface area contributed by atoms with Crippen molar-refractivity contribution in [3.63, 3.8) is 0 Å². The number of nitrogens with one attached hydrogen (secondary N) is 1. The number of morpholine rings is 1. The summed E-state index contributed by atoms with van der Waals surface area (Å²) in [6.45, 7) is 3.50. The van der Waals surface area contributed by atoms with Gasteiger partial charge < -0.3 is 14.5 Å². The van der Waals surface area contributed by atoms with E-state index in [1.165, 1.54) is 11.1 Å². The summed E-state index contributed by atoms with van der Waals surface area (Å²) >= 11 is 0. The molecule has 3 heterocycles. The van der Waals surface area contributed by atoms with Crippen molar-refractivity contribution in [1.29, 1.82) is 0 Å². The number of carbonyl (C=O) groups excluding carboxylic acids is 2. The van der Waals surface area contributed by atoms with Gasteiger partial charge in [0.2, 0.25) is 5.91 Å². The summed E-state index contributed by atoms with van der Waals surface area (Å²) in [5, 5.41) is 7.32. The van der Waals surface area contributed by atoms with Crippen LogP contribution in [0.2, 0.25) is 0 Å². The molecule has 0 spiro atoms. The second-order valence-electron chi connectivity index (χ2n) is 7.82. The summed E-state index contributed by atoms with van der Waals surface area (Å²) in [6.07, 6.45) is 2.31. The van der Waals surface area contributed by atoms with Gasteiger partial charge in [-0.3, -0.25) is 14.7 Å². The van der Waals surface area contributed by atoms with Gasteiger partial charge in [0.15, 0.2) is 5.69 Å². The smallest absolute Gasteiger partial charge is 0.274 e. The van der Waals surface area contributed by atoms with E-state index in [0.29, 0.717) is 51.5 Å². The van der Waals surface area contributed by atoms with Gasteiger partial charge in [-0.25, -0.2) is 0 Å². The lowest BCUT2D eigenvalue weighted by Crippen LogP contribution is -2.42. The van der Waals surface area contributed by atoms with Crippen LogP contribution in [0.3, 0.4) is 0 Å². The predicted molar refractivity (Wildman–Crippen MR) is 102 cm³/mol. The maximum atomic E-state index is 13.1. The number of hydrogen-bond acceptors (Lipinski definition) is 4. The van der Waals surface area contributed by atoms with Gasteiger partial charge in [-0.15, -0.1) is 0 Å². The Morgan fingerprint density at radius 3 is 2.46 bits per heavy atom. The average molecular weight is 380 g/mol. The fourth-order valence-electron chi connectivity index (χ4n) is 4.59. The number of hydrogen-bond donors (Lipinski definition) is 1. The highest BCUT2D eigenvalue weighted by atomic mass is 16.5. The highest BCUT2D eigenvalue weighted by Gasteiger charge is 2.34. The van der Waals surface area contributed by atoms with E-state index in [0.717, 1.165) is 24.1 Å². The van der Waals surface area contributed by atoms with Crippen LogP contribution in [0.15, 0.2) is 24.3 Å². The number of rotatable bonds is 2. The third-order valence-corrected chi connectivity index (χ3v) is 6.15. The van der Waals surface area contributed by atoms with Gasteiger partial charge in [0.1, 0.15) is 0 Å². The van der Waals surface area contributed by atoms with Gasteiger partial charge in [-0.05, 0) is 30.4 Å². The summed E-state index contributed by atoms with van der Waals surface area (Å²) in [5.74, 6) is 0.195. The number of aromatic amines is 1. The third kappa shape index (κ3) is 2.99. The van der Waals surface area contributed by atoms with E-state index >= 15 is 0 Å². The fraction of sp³-hybridized carbons (Fsp3) is 0.476. The first-order valence-corrected chi connectivity index (χ1v) is 9.99. The van der Waals surface area contributed by atoms with Crippen LogP contribution < -0.4 is 0 Å². The Hall–Kier alpha value is -2.67. The second-order valence-corrected chi connectivity index (χ2v) is 7.82. The average Bonchev–Trinajstić information content (AvgIpc) is 3.37. The molecule has 5 rings (SSSR count). The van der Waals surface area contributed by atoms with E-state index in [1.807, 2.05) is 17.0 Å². The summed E-state index contributed by atoms with van der Waals surface area (Å²) in [5.41, 5.74) is 4.95. The van der Waals surface area contributed by atoms with Crippen molar-refractivity contribution < 1.29 is 14.3 Å². The normalized spacial score (nSPS) is 19.4. The lowest BCUT2D eigenvalue weighted by atomic mass is 9.99. The van der Waals surface area contributed by atoms with Gasteiger partial charge in [-0.2, -0.15) is 5.10 Å². The van der Waals surface area contributed by atoms with Gasteiger partial charge in [-0.1, -0.05) is 24.3 Å². The number of nitrogens with zero attached hydrogens (tertiary/aromatic N) is 3. The number of H-pyrrole nitrogens is 1. The van der Waals surface area contributed by atoms with Gasteiger partial charge >= 0.3 is 0 Å². The van der Waals surface area contributed by atoms with Crippen molar-refractivity contribution in [2.24, 2.45) is 5.92 Å². The molecule has 146 valence electrons. The van der Waals surface area contributed by atoms with Crippen molar-refractivity contribution in [2.75, 3.05) is 32.8 Å². The Morgan fingerprint density at radius 1 is 1.04 bits per heavy atom. The minimum atomic E-state index is -0.0354. The Bertz CT molecular complexity index is 891. The molecule has 7 nitrogen and oxygen atoms in total. The first-order valence-electron chi connectivity index (χ1n) is 9.99. The van der Waals surface area contributed by atoms with Crippen LogP contribution in [-0.2, 0) is 35.3 Å². The van der Waals surface area contributed by atoms with Gasteiger partial charge in [0, 0.05) is 31.1 Å². The highest BCUT2D eigenvalue weighted by Crippen LogP contribution is 2.30. The topological polar surface area (TPSA) is 78.5 Å². The van der Waals surface area contributed by atoms with Crippen molar-refractivity contribution >= 4 is 11.8 Å². The van der Waals surface area contributed by atoms with E-state index in [2.05, 4.69) is 22.3 Å². The van der Waals surface area contributed by atoms with Gasteiger partial charge in [0.25, 0.3) is 5.91 Å². The number of ether oxygens (including phenoxy) is 1. The van der Waals surface area contributed by atoms with E-state index in [1.54, 1.807) is 4.90 Å². The SMILES string of the molecule is O=C(c1n[nH]c2c1CCN(C(=O)C1Cc3ccccc3C1)C2)N1CCOCC1. The number of aromatic nitrogens is 2. The van der Waals surface area contributed by atoms with Crippen LogP contribution in [0.5, 0.6) is 0 Å². The molecule has 28 heavy (non-hydrogen) atoms. The lowest BCUT2D eigenvalue weighted by Gasteiger charge is -2.30. The molecule has 0 bridgehead atoms. The maximum absolute atomic E-state index is 13.1. The summed E-state index contributed by atoms with van der Waals surface area (Å²) < 4.78 is 5.33. The molecule has 0 unspecified atom stereocenters. The van der Waals surface area contributed by atoms with E-state index in [4.69, 9.17) is 4.74 Å². The van der Waals surface area contributed by atoms with E-state index in [-0.39, 0.29) is 17.7 Å². The van der Waals surface area contributed by atoms with Crippen LogP contribution in [0, 0.1) is 5.92 Å². The molecule has 1 saturated heterocycles. The minimum absolute atomic E-state index is 0.0244. The van der Waals surface area contributed by atoms with Crippen molar-refractivity contribution in [2.45, 2.75) is 25.8 Å². The Kier molecular flexibility index (Phi) is 4.39. The molecule has 3 aliphatic rings. The van der Waals surface area contributed by atoms with Crippen LogP contribution in [0.25, 0.3) is 0 Å². The standard InChI is InChI=1S/C21H24N4O3/c26-20(16-11-14-3-1-2-4-15(14)12-16)25-6-5-17-18(13-25)22-23-19(17)21(27)24-7-9-28-10-8-24/h1-4,16H,5-13H2,(H,22,23). The number of amides is 2. The molecule has 2 aliphatic heterocycles. The molecule has 1 aromatic carbocycles. The van der Waals surface area contributed by atoms with E-state index in [9.17, 15) is 9.59 Å². The van der Waals surface area contributed by atoms with Crippen molar-refractivity contribution in [3.05, 3.63) is 52.3 Å². The molecular formula is C21H24N4O3. The predicted octanol–water partition coefficient (Wildman–Crippen LogP) is 1.18. The van der Waals surface area contributed by atoms with Crippen LogP contribution in [0.1, 0.15) is 32.9 Å². The molecule has 1 aliphatic carbocycles. The molecular weight excluding hydrogens is 356 g/mol. The molecule has 1 N–H and O–H groups in total. The summed E-state index contributed by atoms with van der Waals surface area (Å²) in [4.78, 5) is 29.6. The van der Waals surface area contributed by atoms with Gasteiger partial charge in [0.05, 0.1) is 25.5 Å². The molecule has 1 aromatic heterocycles.